The first-order valence-corrected chi connectivity index (χ1v) is 6.68. The van der Waals surface area contributed by atoms with Crippen LogP contribution in [0.15, 0.2) is 24.7 Å². The van der Waals surface area contributed by atoms with E-state index in [4.69, 9.17) is 0 Å². The Morgan fingerprint density at radius 3 is 3.22 bits per heavy atom. The Kier molecular flexibility index (Phi) is 2.26. The van der Waals surface area contributed by atoms with Crippen LogP contribution in [0.4, 0.5) is 5.82 Å². The Hall–Kier alpha value is -1.62. The van der Waals surface area contributed by atoms with E-state index < -0.39 is 0 Å². The van der Waals surface area contributed by atoms with Gasteiger partial charge < -0.3 is 10.2 Å². The van der Waals surface area contributed by atoms with E-state index in [9.17, 15) is 0 Å². The highest BCUT2D eigenvalue weighted by Gasteiger charge is 2.35. The molecule has 94 valence electrons. The van der Waals surface area contributed by atoms with Crippen LogP contribution in [0, 0.1) is 5.92 Å². The lowest BCUT2D eigenvalue weighted by Crippen LogP contribution is -2.40. The number of hydrogen-bond donors (Lipinski definition) is 1. The SMILES string of the molecule is c1cn2nccc2c(N2CC3CCCNC3C2)n1. The largest absolute Gasteiger partial charge is 0.353 e. The number of piperidine rings is 1. The van der Waals surface area contributed by atoms with Gasteiger partial charge in [0, 0.05) is 31.5 Å². The normalized spacial score (nSPS) is 27.7. The predicted octanol–water partition coefficient (Wildman–Crippen LogP) is 0.917. The lowest BCUT2D eigenvalue weighted by molar-refractivity contribution is 0.340. The van der Waals surface area contributed by atoms with Crippen molar-refractivity contribution in [1.29, 1.82) is 0 Å². The number of nitrogens with zero attached hydrogens (tertiary/aromatic N) is 4. The molecule has 2 atom stereocenters. The van der Waals surface area contributed by atoms with E-state index in [1.807, 2.05) is 29.2 Å². The van der Waals surface area contributed by atoms with E-state index >= 15 is 0 Å². The third-order valence-electron chi connectivity index (χ3n) is 4.20. The van der Waals surface area contributed by atoms with E-state index in [-0.39, 0.29) is 0 Å². The first-order valence-electron chi connectivity index (χ1n) is 6.68. The smallest absolute Gasteiger partial charge is 0.154 e. The molecule has 4 rings (SSSR count). The fourth-order valence-corrected chi connectivity index (χ4v) is 3.31. The minimum atomic E-state index is 0.642. The summed E-state index contributed by atoms with van der Waals surface area (Å²) in [6.45, 7) is 3.36. The molecule has 0 aliphatic carbocycles. The van der Waals surface area contributed by atoms with Crippen LogP contribution in [-0.2, 0) is 0 Å². The molecule has 2 aromatic rings. The summed E-state index contributed by atoms with van der Waals surface area (Å²) in [5.74, 6) is 1.86. The highest BCUT2D eigenvalue weighted by atomic mass is 15.3. The summed E-state index contributed by atoms with van der Waals surface area (Å²) in [6, 6.07) is 2.68. The standard InChI is InChI=1S/C13H17N5/c1-2-10-8-17(9-11(10)14-4-1)13-12-3-5-16-18(12)7-6-15-13/h3,5-7,10-11,14H,1-2,4,8-9H2. The van der Waals surface area contributed by atoms with Gasteiger partial charge in [-0.05, 0) is 31.4 Å². The van der Waals surface area contributed by atoms with Gasteiger partial charge in [-0.2, -0.15) is 5.10 Å². The molecule has 0 saturated carbocycles. The summed E-state index contributed by atoms with van der Waals surface area (Å²) in [5, 5.41) is 7.91. The van der Waals surface area contributed by atoms with Crippen molar-refractivity contribution in [2.75, 3.05) is 24.5 Å². The third kappa shape index (κ3) is 1.50. The molecule has 0 bridgehead atoms. The van der Waals surface area contributed by atoms with Crippen LogP contribution in [-0.4, -0.2) is 40.3 Å². The molecular weight excluding hydrogens is 226 g/mol. The molecule has 1 N–H and O–H groups in total. The van der Waals surface area contributed by atoms with E-state index in [0.29, 0.717) is 6.04 Å². The van der Waals surface area contributed by atoms with Crippen LogP contribution in [0.1, 0.15) is 12.8 Å². The van der Waals surface area contributed by atoms with Crippen molar-refractivity contribution in [3.8, 4) is 0 Å². The Bertz CT molecular complexity index is 549. The molecule has 0 spiro atoms. The second-order valence-corrected chi connectivity index (χ2v) is 5.28. The monoisotopic (exact) mass is 243 g/mol. The van der Waals surface area contributed by atoms with Crippen LogP contribution in [0.3, 0.4) is 0 Å². The zero-order valence-corrected chi connectivity index (χ0v) is 10.3. The summed E-state index contributed by atoms with van der Waals surface area (Å²) in [6.07, 6.45) is 8.22. The first-order chi connectivity index (χ1) is 8.92. The van der Waals surface area contributed by atoms with Gasteiger partial charge in [-0.15, -0.1) is 0 Å². The topological polar surface area (TPSA) is 45.5 Å². The Labute approximate surface area is 106 Å². The van der Waals surface area contributed by atoms with Crippen molar-refractivity contribution in [3.05, 3.63) is 24.7 Å². The zero-order valence-electron chi connectivity index (χ0n) is 10.3. The minimum absolute atomic E-state index is 0.642. The van der Waals surface area contributed by atoms with Gasteiger partial charge in [-0.3, -0.25) is 0 Å². The van der Waals surface area contributed by atoms with E-state index in [0.717, 1.165) is 30.3 Å². The average molecular weight is 243 g/mol. The molecule has 5 heteroatoms. The maximum Gasteiger partial charge on any atom is 0.154 e. The molecule has 2 aliphatic heterocycles. The Morgan fingerprint density at radius 2 is 2.28 bits per heavy atom. The maximum atomic E-state index is 4.56. The molecule has 2 saturated heterocycles. The molecule has 2 unspecified atom stereocenters. The van der Waals surface area contributed by atoms with Gasteiger partial charge in [0.05, 0.1) is 6.20 Å². The predicted molar refractivity (Wildman–Crippen MR) is 69.7 cm³/mol. The lowest BCUT2D eigenvalue weighted by Gasteiger charge is -2.24. The molecule has 0 amide bonds. The van der Waals surface area contributed by atoms with E-state index in [2.05, 4.69) is 20.3 Å². The molecule has 18 heavy (non-hydrogen) atoms. The van der Waals surface area contributed by atoms with Crippen LogP contribution >= 0.6 is 0 Å². The van der Waals surface area contributed by atoms with Crippen LogP contribution in [0.2, 0.25) is 0 Å². The summed E-state index contributed by atoms with van der Waals surface area (Å²) in [5.41, 5.74) is 1.11. The van der Waals surface area contributed by atoms with Gasteiger partial charge in [-0.1, -0.05) is 0 Å². The number of rotatable bonds is 1. The second-order valence-electron chi connectivity index (χ2n) is 5.28. The second kappa shape index (κ2) is 3.95. The summed E-state index contributed by atoms with van der Waals surface area (Å²) in [4.78, 5) is 6.96. The van der Waals surface area contributed by atoms with Crippen LogP contribution in [0.5, 0.6) is 0 Å². The van der Waals surface area contributed by atoms with Crippen molar-refractivity contribution in [2.24, 2.45) is 5.92 Å². The first kappa shape index (κ1) is 10.3. The number of nitrogens with one attached hydrogen (secondary N) is 1. The lowest BCUT2D eigenvalue weighted by atomic mass is 9.94. The van der Waals surface area contributed by atoms with Crippen molar-refractivity contribution in [3.63, 3.8) is 0 Å². The molecule has 2 aromatic heterocycles. The van der Waals surface area contributed by atoms with Crippen LogP contribution < -0.4 is 10.2 Å². The molecule has 2 fully saturated rings. The van der Waals surface area contributed by atoms with Gasteiger partial charge in [0.25, 0.3) is 0 Å². The molecular formula is C13H17N5. The molecule has 0 aromatic carbocycles. The molecule has 0 radical (unpaired) electrons. The molecule has 5 nitrogen and oxygen atoms in total. The highest BCUT2D eigenvalue weighted by Crippen LogP contribution is 2.29. The summed E-state index contributed by atoms with van der Waals surface area (Å²) < 4.78 is 1.90. The zero-order chi connectivity index (χ0) is 11.9. The van der Waals surface area contributed by atoms with Crippen molar-refractivity contribution in [2.45, 2.75) is 18.9 Å². The van der Waals surface area contributed by atoms with Gasteiger partial charge in [-0.25, -0.2) is 9.50 Å². The maximum absolute atomic E-state index is 4.56. The van der Waals surface area contributed by atoms with Crippen LogP contribution in [0.25, 0.3) is 5.52 Å². The average Bonchev–Trinajstić information content (AvgIpc) is 3.04. The highest BCUT2D eigenvalue weighted by molar-refractivity contribution is 5.68. The third-order valence-corrected chi connectivity index (χ3v) is 4.20. The van der Waals surface area contributed by atoms with Gasteiger partial charge in [0.15, 0.2) is 5.82 Å². The van der Waals surface area contributed by atoms with Crippen molar-refractivity contribution < 1.29 is 0 Å². The fraction of sp³-hybridized carbons (Fsp3) is 0.538. The van der Waals surface area contributed by atoms with E-state index in [1.54, 1.807) is 0 Å². The van der Waals surface area contributed by atoms with E-state index in [1.165, 1.54) is 19.4 Å². The summed E-state index contributed by atoms with van der Waals surface area (Å²) >= 11 is 0. The number of anilines is 1. The fourth-order valence-electron chi connectivity index (χ4n) is 3.31. The van der Waals surface area contributed by atoms with Crippen molar-refractivity contribution in [1.82, 2.24) is 19.9 Å². The number of hydrogen-bond acceptors (Lipinski definition) is 4. The Balaban J connectivity index is 1.69. The number of fused-ring (bicyclic) bond motifs is 2. The summed E-state index contributed by atoms with van der Waals surface area (Å²) in [7, 11) is 0. The Morgan fingerprint density at radius 1 is 1.28 bits per heavy atom. The van der Waals surface area contributed by atoms with Crippen molar-refractivity contribution >= 4 is 11.3 Å². The molecule has 2 aliphatic rings. The number of aromatic nitrogens is 3. The molecule has 4 heterocycles. The quantitative estimate of drug-likeness (QED) is 0.809. The van der Waals surface area contributed by atoms with Gasteiger partial charge in [0.1, 0.15) is 5.52 Å². The minimum Gasteiger partial charge on any atom is -0.353 e. The van der Waals surface area contributed by atoms with Gasteiger partial charge >= 0.3 is 0 Å². The van der Waals surface area contributed by atoms with Gasteiger partial charge in [0.2, 0.25) is 0 Å².